The number of benzene rings is 1. The molecule has 0 saturated carbocycles. The molecule has 0 aliphatic carbocycles. The molecule has 1 unspecified atom stereocenters. The molecular formula is C20H15ClN8O. The number of hydrogen-bond acceptors (Lipinski definition) is 8. The van der Waals surface area contributed by atoms with Gasteiger partial charge in [0.05, 0.1) is 40.0 Å². The second-order valence-corrected chi connectivity index (χ2v) is 6.83. The van der Waals surface area contributed by atoms with Crippen molar-refractivity contribution in [3.8, 4) is 11.8 Å². The number of halogens is 1. The van der Waals surface area contributed by atoms with E-state index in [4.69, 9.17) is 17.3 Å². The van der Waals surface area contributed by atoms with E-state index in [1.54, 1.807) is 49.6 Å². The smallest absolute Gasteiger partial charge is 0.267 e. The Morgan fingerprint density at radius 2 is 2.07 bits per heavy atom. The standard InChI is InChI=1S/C20H15ClN8O/c1-11(26-17-12(8-22)9-25-20(23)28-17)18-27-15-6-2-5-14(21)16(15)19(30)29(18)13-4-3-7-24-10-13/h2-7,9-11H,1H3,(H3,23,25,26,28). The Morgan fingerprint density at radius 1 is 1.23 bits per heavy atom. The Hall–Kier alpha value is -4.03. The molecule has 0 amide bonds. The molecule has 0 aliphatic heterocycles. The van der Waals surface area contributed by atoms with Gasteiger partial charge in [-0.1, -0.05) is 17.7 Å². The summed E-state index contributed by atoms with van der Waals surface area (Å²) in [7, 11) is 0. The van der Waals surface area contributed by atoms with Crippen LogP contribution in [0.15, 0.2) is 53.7 Å². The maximum absolute atomic E-state index is 13.4. The first-order valence-electron chi connectivity index (χ1n) is 8.90. The van der Waals surface area contributed by atoms with Crippen LogP contribution in [0, 0.1) is 11.3 Å². The van der Waals surface area contributed by atoms with Crippen molar-refractivity contribution in [2.24, 2.45) is 0 Å². The van der Waals surface area contributed by atoms with E-state index in [9.17, 15) is 10.1 Å². The number of pyridine rings is 1. The summed E-state index contributed by atoms with van der Waals surface area (Å²) in [6.45, 7) is 1.80. The monoisotopic (exact) mass is 418 g/mol. The van der Waals surface area contributed by atoms with Crippen LogP contribution in [0.4, 0.5) is 11.8 Å². The number of anilines is 2. The van der Waals surface area contributed by atoms with Gasteiger partial charge in [-0.3, -0.25) is 14.3 Å². The van der Waals surface area contributed by atoms with Crippen LogP contribution in [0.5, 0.6) is 0 Å². The number of nitrogen functional groups attached to an aromatic ring is 1. The fourth-order valence-electron chi connectivity index (χ4n) is 3.09. The number of fused-ring (bicyclic) bond motifs is 1. The molecule has 0 radical (unpaired) electrons. The van der Waals surface area contributed by atoms with E-state index >= 15 is 0 Å². The maximum Gasteiger partial charge on any atom is 0.267 e. The molecular weight excluding hydrogens is 404 g/mol. The number of rotatable bonds is 4. The topological polar surface area (TPSA) is 135 Å². The van der Waals surface area contributed by atoms with Gasteiger partial charge in [0.1, 0.15) is 23.3 Å². The zero-order valence-corrected chi connectivity index (χ0v) is 16.5. The molecule has 9 nitrogen and oxygen atoms in total. The van der Waals surface area contributed by atoms with Crippen molar-refractivity contribution in [3.63, 3.8) is 0 Å². The Balaban J connectivity index is 1.93. The number of nitrogens with two attached hydrogens (primary N) is 1. The second kappa shape index (κ2) is 7.77. The SMILES string of the molecule is CC(Nc1nc(N)ncc1C#N)c1nc2cccc(Cl)c2c(=O)n1-c1cccnc1. The Morgan fingerprint density at radius 3 is 2.80 bits per heavy atom. The van der Waals surface area contributed by atoms with Gasteiger partial charge in [-0.2, -0.15) is 10.2 Å². The van der Waals surface area contributed by atoms with Gasteiger partial charge >= 0.3 is 0 Å². The predicted octanol–water partition coefficient (Wildman–Crippen LogP) is 2.85. The summed E-state index contributed by atoms with van der Waals surface area (Å²) in [5, 5.41) is 13.1. The van der Waals surface area contributed by atoms with E-state index in [0.717, 1.165) is 0 Å². The molecule has 3 N–H and O–H groups in total. The first-order valence-corrected chi connectivity index (χ1v) is 9.28. The number of nitrogens with one attached hydrogen (secondary N) is 1. The number of nitrogens with zero attached hydrogens (tertiary/aromatic N) is 6. The van der Waals surface area contributed by atoms with Crippen molar-refractivity contribution in [3.05, 3.63) is 75.7 Å². The lowest BCUT2D eigenvalue weighted by Gasteiger charge is -2.20. The van der Waals surface area contributed by atoms with Crippen molar-refractivity contribution >= 4 is 34.3 Å². The van der Waals surface area contributed by atoms with Gasteiger partial charge in [-0.25, -0.2) is 9.97 Å². The van der Waals surface area contributed by atoms with Crippen LogP contribution in [-0.4, -0.2) is 24.5 Å². The minimum Gasteiger partial charge on any atom is -0.368 e. The summed E-state index contributed by atoms with van der Waals surface area (Å²) >= 11 is 6.29. The van der Waals surface area contributed by atoms with Crippen LogP contribution in [-0.2, 0) is 0 Å². The molecule has 0 bridgehead atoms. The van der Waals surface area contributed by atoms with E-state index in [1.165, 1.54) is 10.8 Å². The largest absolute Gasteiger partial charge is 0.368 e. The molecule has 148 valence electrons. The number of hydrogen-bond donors (Lipinski definition) is 2. The highest BCUT2D eigenvalue weighted by Crippen LogP contribution is 2.25. The molecule has 0 spiro atoms. The van der Waals surface area contributed by atoms with Crippen LogP contribution in [0.25, 0.3) is 16.6 Å². The maximum atomic E-state index is 13.4. The van der Waals surface area contributed by atoms with E-state index in [0.29, 0.717) is 27.4 Å². The molecule has 10 heteroatoms. The van der Waals surface area contributed by atoms with E-state index in [-0.39, 0.29) is 22.9 Å². The molecule has 0 aliphatic rings. The highest BCUT2D eigenvalue weighted by molar-refractivity contribution is 6.35. The third kappa shape index (κ3) is 3.40. The van der Waals surface area contributed by atoms with Crippen LogP contribution in [0.1, 0.15) is 24.4 Å². The van der Waals surface area contributed by atoms with E-state index in [2.05, 4.69) is 25.3 Å². The molecule has 3 aromatic heterocycles. The summed E-state index contributed by atoms with van der Waals surface area (Å²) in [4.78, 5) is 30.1. The van der Waals surface area contributed by atoms with Gasteiger partial charge in [0.15, 0.2) is 0 Å². The Bertz CT molecular complexity index is 1350. The van der Waals surface area contributed by atoms with Crippen LogP contribution < -0.4 is 16.6 Å². The van der Waals surface area contributed by atoms with E-state index < -0.39 is 6.04 Å². The Kier molecular flexibility index (Phi) is 5.00. The third-order valence-electron chi connectivity index (χ3n) is 4.45. The van der Waals surface area contributed by atoms with Crippen molar-refractivity contribution in [1.29, 1.82) is 5.26 Å². The molecule has 0 saturated heterocycles. The summed E-state index contributed by atoms with van der Waals surface area (Å²) in [5.41, 5.74) is 6.54. The number of nitriles is 1. The molecule has 30 heavy (non-hydrogen) atoms. The molecule has 1 atom stereocenters. The van der Waals surface area contributed by atoms with Crippen LogP contribution in [0.3, 0.4) is 0 Å². The molecule has 1 aromatic carbocycles. The highest BCUT2D eigenvalue weighted by Gasteiger charge is 2.21. The summed E-state index contributed by atoms with van der Waals surface area (Å²) < 4.78 is 1.44. The van der Waals surface area contributed by atoms with Gasteiger partial charge in [0, 0.05) is 6.20 Å². The van der Waals surface area contributed by atoms with Crippen LogP contribution >= 0.6 is 11.6 Å². The molecule has 3 heterocycles. The van der Waals surface area contributed by atoms with Crippen molar-refractivity contribution in [2.75, 3.05) is 11.1 Å². The Labute approximate surface area is 175 Å². The van der Waals surface area contributed by atoms with Crippen molar-refractivity contribution in [2.45, 2.75) is 13.0 Å². The first kappa shape index (κ1) is 19.3. The zero-order chi connectivity index (χ0) is 21.3. The van der Waals surface area contributed by atoms with E-state index in [1.807, 2.05) is 6.07 Å². The van der Waals surface area contributed by atoms with Gasteiger partial charge in [0.25, 0.3) is 5.56 Å². The summed E-state index contributed by atoms with van der Waals surface area (Å²) in [5.74, 6) is 0.658. The average Bonchev–Trinajstić information content (AvgIpc) is 2.74. The minimum atomic E-state index is -0.525. The second-order valence-electron chi connectivity index (χ2n) is 6.42. The fraction of sp³-hybridized carbons (Fsp3) is 0.100. The summed E-state index contributed by atoms with van der Waals surface area (Å²) in [6.07, 6.45) is 4.50. The minimum absolute atomic E-state index is 0.0200. The number of aromatic nitrogens is 5. The molecule has 4 aromatic rings. The van der Waals surface area contributed by atoms with Crippen molar-refractivity contribution in [1.82, 2.24) is 24.5 Å². The van der Waals surface area contributed by atoms with Crippen LogP contribution in [0.2, 0.25) is 5.02 Å². The zero-order valence-electron chi connectivity index (χ0n) is 15.7. The van der Waals surface area contributed by atoms with Gasteiger partial charge in [-0.15, -0.1) is 0 Å². The molecule has 0 fully saturated rings. The normalized spacial score (nSPS) is 11.8. The van der Waals surface area contributed by atoms with Gasteiger partial charge in [-0.05, 0) is 31.2 Å². The average molecular weight is 419 g/mol. The first-order chi connectivity index (χ1) is 14.5. The van der Waals surface area contributed by atoms with Crippen molar-refractivity contribution < 1.29 is 0 Å². The fourth-order valence-corrected chi connectivity index (χ4v) is 3.34. The quantitative estimate of drug-likeness (QED) is 0.516. The lowest BCUT2D eigenvalue weighted by atomic mass is 10.2. The third-order valence-corrected chi connectivity index (χ3v) is 4.76. The lowest BCUT2D eigenvalue weighted by Crippen LogP contribution is -2.28. The molecule has 4 rings (SSSR count). The van der Waals surface area contributed by atoms with Gasteiger partial charge < -0.3 is 11.1 Å². The highest BCUT2D eigenvalue weighted by atomic mass is 35.5. The lowest BCUT2D eigenvalue weighted by molar-refractivity contribution is 0.729. The predicted molar refractivity (Wildman–Crippen MR) is 113 cm³/mol. The van der Waals surface area contributed by atoms with Gasteiger partial charge in [0.2, 0.25) is 5.95 Å². The summed E-state index contributed by atoms with van der Waals surface area (Å²) in [6, 6.07) is 10.0.